The molecule has 2 heterocycles. The van der Waals surface area contributed by atoms with E-state index in [0.717, 1.165) is 13.1 Å². The van der Waals surface area contributed by atoms with Crippen LogP contribution in [0.2, 0.25) is 10.0 Å². The smallest absolute Gasteiger partial charge is 0.270 e. The quantitative estimate of drug-likeness (QED) is 0.697. The Balaban J connectivity index is 1.96. The van der Waals surface area contributed by atoms with Gasteiger partial charge in [-0.15, -0.1) is 0 Å². The maximum atomic E-state index is 12.9. The molecule has 140 valence electrons. The predicted octanol–water partition coefficient (Wildman–Crippen LogP) is 1.56. The summed E-state index contributed by atoms with van der Waals surface area (Å²) in [7, 11) is 1.69. The second-order valence-electron chi connectivity index (χ2n) is 5.98. The minimum Gasteiger partial charge on any atom is -0.382 e. The number of piperazine rings is 1. The average molecular weight is 415 g/mol. The second kappa shape index (κ2) is 8.06. The van der Waals surface area contributed by atoms with Gasteiger partial charge in [-0.3, -0.25) is 9.36 Å². The van der Waals surface area contributed by atoms with Crippen molar-refractivity contribution >= 4 is 46.7 Å². The van der Waals surface area contributed by atoms with Gasteiger partial charge >= 0.3 is 0 Å². The summed E-state index contributed by atoms with van der Waals surface area (Å²) in [6.07, 6.45) is 0. The number of benzene rings is 1. The average Bonchev–Trinajstić information content (AvgIpc) is 2.65. The lowest BCUT2D eigenvalue weighted by Crippen LogP contribution is -2.54. The van der Waals surface area contributed by atoms with Crippen molar-refractivity contribution in [3.05, 3.63) is 38.6 Å². The lowest BCUT2D eigenvalue weighted by atomic mass is 10.2. The van der Waals surface area contributed by atoms with Crippen molar-refractivity contribution in [2.45, 2.75) is 15.8 Å². The Bertz CT molecular complexity index is 875. The Morgan fingerprint density at radius 2 is 2.19 bits per heavy atom. The fourth-order valence-electron chi connectivity index (χ4n) is 2.80. The van der Waals surface area contributed by atoms with E-state index in [1.807, 2.05) is 4.90 Å². The summed E-state index contributed by atoms with van der Waals surface area (Å²) in [5, 5.41) is 4.14. The Morgan fingerprint density at radius 1 is 1.42 bits per heavy atom. The van der Waals surface area contributed by atoms with Crippen molar-refractivity contribution in [3.63, 3.8) is 0 Å². The van der Waals surface area contributed by atoms with Gasteiger partial charge in [-0.1, -0.05) is 41.0 Å². The highest BCUT2D eigenvalue weighted by atomic mass is 35.5. The summed E-state index contributed by atoms with van der Waals surface area (Å²) >= 11 is 13.4. The van der Waals surface area contributed by atoms with Crippen LogP contribution in [0, 0.1) is 0 Å². The SMILES string of the molecule is Cn1c(N2CCN[C@@H](CN)C2)nc(N)c(Sc2cccc(Cl)c2Cl)c1=O. The lowest BCUT2D eigenvalue weighted by Gasteiger charge is -2.34. The summed E-state index contributed by atoms with van der Waals surface area (Å²) in [4.78, 5) is 20.4. The number of hydrogen-bond acceptors (Lipinski definition) is 7. The molecule has 1 aliphatic rings. The molecule has 5 N–H and O–H groups in total. The highest BCUT2D eigenvalue weighted by Crippen LogP contribution is 2.37. The summed E-state index contributed by atoms with van der Waals surface area (Å²) in [6, 6.07) is 5.40. The number of nitrogen functional groups attached to an aromatic ring is 1. The summed E-state index contributed by atoms with van der Waals surface area (Å²) in [5.74, 6) is 0.709. The first-order valence-corrected chi connectivity index (χ1v) is 9.66. The fourth-order valence-corrected chi connectivity index (χ4v) is 4.22. The fraction of sp³-hybridized carbons (Fsp3) is 0.375. The van der Waals surface area contributed by atoms with Crippen LogP contribution in [0.1, 0.15) is 0 Å². The monoisotopic (exact) mass is 414 g/mol. The lowest BCUT2D eigenvalue weighted by molar-refractivity contribution is 0.454. The molecule has 0 radical (unpaired) electrons. The molecule has 1 saturated heterocycles. The van der Waals surface area contributed by atoms with E-state index >= 15 is 0 Å². The zero-order chi connectivity index (χ0) is 18.8. The number of aromatic nitrogens is 2. The third-order valence-corrected chi connectivity index (χ3v) is 6.28. The van der Waals surface area contributed by atoms with Crippen LogP contribution < -0.4 is 27.2 Å². The minimum absolute atomic E-state index is 0.154. The Labute approximate surface area is 165 Å². The minimum atomic E-state index is -0.226. The molecule has 0 unspecified atom stereocenters. The van der Waals surface area contributed by atoms with Crippen LogP contribution in [0.25, 0.3) is 0 Å². The van der Waals surface area contributed by atoms with E-state index in [1.165, 1.54) is 16.3 Å². The molecular formula is C16H20Cl2N6OS. The maximum absolute atomic E-state index is 12.9. The van der Waals surface area contributed by atoms with Gasteiger partial charge in [0.15, 0.2) is 0 Å². The third-order valence-electron chi connectivity index (χ3n) is 4.20. The molecule has 0 bridgehead atoms. The molecule has 2 aromatic rings. The molecular weight excluding hydrogens is 395 g/mol. The van der Waals surface area contributed by atoms with Crippen molar-refractivity contribution in [3.8, 4) is 0 Å². The van der Waals surface area contributed by atoms with E-state index in [1.54, 1.807) is 25.2 Å². The van der Waals surface area contributed by atoms with Gasteiger partial charge in [0.2, 0.25) is 5.95 Å². The second-order valence-corrected chi connectivity index (χ2v) is 7.81. The van der Waals surface area contributed by atoms with Crippen LogP contribution >= 0.6 is 35.0 Å². The number of halogens is 2. The first-order valence-electron chi connectivity index (χ1n) is 8.09. The van der Waals surface area contributed by atoms with Crippen LogP contribution in [0.3, 0.4) is 0 Å². The molecule has 26 heavy (non-hydrogen) atoms. The number of anilines is 2. The van der Waals surface area contributed by atoms with Crippen LogP contribution in [0.5, 0.6) is 0 Å². The number of nitrogens with one attached hydrogen (secondary N) is 1. The van der Waals surface area contributed by atoms with E-state index in [9.17, 15) is 4.79 Å². The van der Waals surface area contributed by atoms with Crippen molar-refractivity contribution in [2.75, 3.05) is 36.8 Å². The maximum Gasteiger partial charge on any atom is 0.270 e. The van der Waals surface area contributed by atoms with Crippen LogP contribution in [-0.4, -0.2) is 41.8 Å². The molecule has 0 amide bonds. The summed E-state index contributed by atoms with van der Waals surface area (Å²) in [5.41, 5.74) is 11.6. The van der Waals surface area contributed by atoms with Crippen molar-refractivity contribution in [2.24, 2.45) is 12.8 Å². The highest BCUT2D eigenvalue weighted by Gasteiger charge is 2.24. The largest absolute Gasteiger partial charge is 0.382 e. The zero-order valence-corrected chi connectivity index (χ0v) is 16.5. The molecule has 0 aliphatic carbocycles. The molecule has 7 nitrogen and oxygen atoms in total. The first kappa shape index (κ1) is 19.3. The van der Waals surface area contributed by atoms with Crippen molar-refractivity contribution < 1.29 is 0 Å². The normalized spacial score (nSPS) is 17.5. The van der Waals surface area contributed by atoms with Gasteiger partial charge in [-0.05, 0) is 12.1 Å². The molecule has 1 aromatic carbocycles. The number of nitrogens with zero attached hydrogens (tertiary/aromatic N) is 3. The molecule has 0 spiro atoms. The van der Waals surface area contributed by atoms with Gasteiger partial charge in [-0.2, -0.15) is 4.98 Å². The Hall–Kier alpha value is -1.45. The standard InChI is InChI=1S/C16H20Cl2N6OS/c1-23-15(25)13(26-11-4-2-3-10(17)12(11)18)14(20)22-16(23)24-6-5-21-9(7-19)8-24/h2-4,9,21H,5-8,19-20H2,1H3/t9-/m0/s1. The van der Waals surface area contributed by atoms with E-state index < -0.39 is 0 Å². The van der Waals surface area contributed by atoms with Gasteiger partial charge in [0.25, 0.3) is 5.56 Å². The number of rotatable bonds is 4. The van der Waals surface area contributed by atoms with Crippen molar-refractivity contribution in [1.29, 1.82) is 0 Å². The third kappa shape index (κ3) is 3.79. The van der Waals surface area contributed by atoms with Gasteiger partial charge in [0, 0.05) is 44.2 Å². The zero-order valence-electron chi connectivity index (χ0n) is 14.2. The van der Waals surface area contributed by atoms with Gasteiger partial charge in [-0.25, -0.2) is 0 Å². The van der Waals surface area contributed by atoms with E-state index in [2.05, 4.69) is 10.3 Å². The molecule has 1 aromatic heterocycles. The molecule has 0 saturated carbocycles. The van der Waals surface area contributed by atoms with Gasteiger partial charge in [0.1, 0.15) is 10.7 Å². The Morgan fingerprint density at radius 3 is 2.92 bits per heavy atom. The van der Waals surface area contributed by atoms with Crippen molar-refractivity contribution in [1.82, 2.24) is 14.9 Å². The van der Waals surface area contributed by atoms with Gasteiger partial charge < -0.3 is 21.7 Å². The number of nitrogens with two attached hydrogens (primary N) is 2. The molecule has 10 heteroatoms. The molecule has 3 rings (SSSR count). The van der Waals surface area contributed by atoms with E-state index in [-0.39, 0.29) is 17.4 Å². The van der Waals surface area contributed by atoms with E-state index in [0.29, 0.717) is 38.9 Å². The Kier molecular flexibility index (Phi) is 5.99. The number of hydrogen-bond donors (Lipinski definition) is 3. The van der Waals surface area contributed by atoms with E-state index in [4.69, 9.17) is 34.7 Å². The molecule has 1 aliphatic heterocycles. The summed E-state index contributed by atoms with van der Waals surface area (Å²) < 4.78 is 1.51. The van der Waals surface area contributed by atoms with Crippen LogP contribution in [-0.2, 0) is 7.05 Å². The summed E-state index contributed by atoms with van der Waals surface area (Å²) in [6.45, 7) is 2.68. The van der Waals surface area contributed by atoms with Crippen LogP contribution in [0.4, 0.5) is 11.8 Å². The highest BCUT2D eigenvalue weighted by molar-refractivity contribution is 7.99. The van der Waals surface area contributed by atoms with Crippen LogP contribution in [0.15, 0.2) is 32.8 Å². The topological polar surface area (TPSA) is 102 Å². The molecule has 1 fully saturated rings. The predicted molar refractivity (Wildman–Crippen MR) is 108 cm³/mol. The molecule has 1 atom stereocenters. The van der Waals surface area contributed by atoms with Gasteiger partial charge in [0.05, 0.1) is 10.0 Å². The first-order chi connectivity index (χ1) is 12.4.